The van der Waals surface area contributed by atoms with Crippen molar-refractivity contribution < 1.29 is 4.79 Å². The minimum atomic E-state index is 0.0116. The average Bonchev–Trinajstić information content (AvgIpc) is 3.29. The van der Waals surface area contributed by atoms with E-state index in [9.17, 15) is 4.79 Å². The lowest BCUT2D eigenvalue weighted by Crippen LogP contribution is -2.14. The summed E-state index contributed by atoms with van der Waals surface area (Å²) < 4.78 is 0.157. The van der Waals surface area contributed by atoms with E-state index in [0.717, 1.165) is 17.0 Å². The molecule has 1 saturated carbocycles. The van der Waals surface area contributed by atoms with E-state index in [0.29, 0.717) is 6.42 Å². The van der Waals surface area contributed by atoms with Gasteiger partial charge < -0.3 is 5.32 Å². The molecule has 1 amide bonds. The third-order valence-corrected chi connectivity index (χ3v) is 7.17. The third kappa shape index (κ3) is 4.62. The molecule has 2 N–H and O–H groups in total. The number of rotatable bonds is 8. The number of nitrogens with zero attached hydrogens (tertiary/aromatic N) is 1. The van der Waals surface area contributed by atoms with Crippen LogP contribution in [0, 0.1) is 0 Å². The average molecular weight is 410 g/mol. The SMILES string of the molecule is CCSc1ccc(CC(=O)Nc2ccc(C3(Sc4cn[nH]c4)CC3)cc2)cc1. The molecule has 1 heterocycles. The maximum atomic E-state index is 12.4. The maximum Gasteiger partial charge on any atom is 0.228 e. The Balaban J connectivity index is 1.34. The van der Waals surface area contributed by atoms with E-state index in [1.54, 1.807) is 0 Å². The van der Waals surface area contributed by atoms with Crippen LogP contribution < -0.4 is 5.32 Å². The molecule has 1 fully saturated rings. The van der Waals surface area contributed by atoms with Crippen molar-refractivity contribution in [2.45, 2.75) is 40.7 Å². The Morgan fingerprint density at radius 3 is 2.46 bits per heavy atom. The number of aromatic amines is 1. The van der Waals surface area contributed by atoms with Gasteiger partial charge in [0.05, 0.1) is 12.6 Å². The van der Waals surface area contributed by atoms with Gasteiger partial charge in [-0.15, -0.1) is 23.5 Å². The largest absolute Gasteiger partial charge is 0.326 e. The van der Waals surface area contributed by atoms with Crippen molar-refractivity contribution in [2.75, 3.05) is 11.1 Å². The van der Waals surface area contributed by atoms with Crippen molar-refractivity contribution >= 4 is 35.1 Å². The summed E-state index contributed by atoms with van der Waals surface area (Å²) in [6.07, 6.45) is 6.53. The first-order chi connectivity index (χ1) is 13.7. The van der Waals surface area contributed by atoms with Gasteiger partial charge in [0.2, 0.25) is 5.91 Å². The van der Waals surface area contributed by atoms with E-state index >= 15 is 0 Å². The second-order valence-electron chi connectivity index (χ2n) is 6.91. The van der Waals surface area contributed by atoms with E-state index in [-0.39, 0.29) is 10.7 Å². The van der Waals surface area contributed by atoms with Crippen LogP contribution in [0.2, 0.25) is 0 Å². The summed E-state index contributed by atoms with van der Waals surface area (Å²) in [6, 6.07) is 16.5. The molecule has 0 aliphatic heterocycles. The number of H-pyrrole nitrogens is 1. The van der Waals surface area contributed by atoms with Crippen LogP contribution in [0.25, 0.3) is 0 Å². The number of carbonyl (C=O) groups excluding carboxylic acids is 1. The fourth-order valence-electron chi connectivity index (χ4n) is 3.20. The van der Waals surface area contributed by atoms with Gasteiger partial charge in [0.1, 0.15) is 0 Å². The van der Waals surface area contributed by atoms with Crippen molar-refractivity contribution in [1.29, 1.82) is 0 Å². The van der Waals surface area contributed by atoms with Crippen LogP contribution in [0.4, 0.5) is 5.69 Å². The van der Waals surface area contributed by atoms with Crippen LogP contribution in [-0.2, 0) is 16.0 Å². The molecule has 0 radical (unpaired) electrons. The topological polar surface area (TPSA) is 57.8 Å². The van der Waals surface area contributed by atoms with Gasteiger partial charge in [-0.05, 0) is 54.0 Å². The predicted octanol–water partition coefficient (Wildman–Crippen LogP) is 5.48. The zero-order valence-electron chi connectivity index (χ0n) is 15.8. The highest BCUT2D eigenvalue weighted by molar-refractivity contribution is 8.00. The number of aromatic nitrogens is 2. The number of hydrogen-bond donors (Lipinski definition) is 2. The van der Waals surface area contributed by atoms with E-state index in [1.807, 2.05) is 60.2 Å². The molecule has 4 rings (SSSR count). The van der Waals surface area contributed by atoms with Crippen LogP contribution in [0.15, 0.2) is 70.7 Å². The molecule has 6 heteroatoms. The van der Waals surface area contributed by atoms with Crippen LogP contribution in [0.3, 0.4) is 0 Å². The number of benzene rings is 2. The molecule has 1 aromatic heterocycles. The molecular weight excluding hydrogens is 386 g/mol. The molecule has 0 spiro atoms. The fraction of sp³-hybridized carbons (Fsp3) is 0.273. The second-order valence-corrected chi connectivity index (χ2v) is 9.70. The summed E-state index contributed by atoms with van der Waals surface area (Å²) in [6.45, 7) is 2.14. The monoisotopic (exact) mass is 409 g/mol. The molecule has 0 saturated heterocycles. The van der Waals surface area contributed by atoms with Gasteiger partial charge in [0.25, 0.3) is 0 Å². The molecule has 3 aromatic rings. The summed E-state index contributed by atoms with van der Waals surface area (Å²) in [4.78, 5) is 14.8. The van der Waals surface area contributed by atoms with Crippen molar-refractivity contribution in [3.8, 4) is 0 Å². The molecule has 0 atom stereocenters. The van der Waals surface area contributed by atoms with Gasteiger partial charge in [0.15, 0.2) is 0 Å². The Bertz CT molecular complexity index is 917. The van der Waals surface area contributed by atoms with Crippen LogP contribution in [0.5, 0.6) is 0 Å². The Labute approximate surface area is 173 Å². The highest BCUT2D eigenvalue weighted by Crippen LogP contribution is 2.59. The number of thioether (sulfide) groups is 2. The van der Waals surface area contributed by atoms with Gasteiger partial charge in [-0.2, -0.15) is 5.10 Å². The Morgan fingerprint density at radius 1 is 1.11 bits per heavy atom. The number of anilines is 1. The zero-order valence-corrected chi connectivity index (χ0v) is 17.4. The minimum Gasteiger partial charge on any atom is -0.326 e. The van der Waals surface area contributed by atoms with Crippen molar-refractivity contribution in [3.63, 3.8) is 0 Å². The molecule has 144 valence electrons. The lowest BCUT2D eigenvalue weighted by molar-refractivity contribution is -0.115. The predicted molar refractivity (Wildman–Crippen MR) is 117 cm³/mol. The van der Waals surface area contributed by atoms with Gasteiger partial charge >= 0.3 is 0 Å². The number of amides is 1. The fourth-order valence-corrected chi connectivity index (χ4v) is 5.09. The summed E-state index contributed by atoms with van der Waals surface area (Å²) in [5.74, 6) is 1.06. The molecule has 0 unspecified atom stereocenters. The lowest BCUT2D eigenvalue weighted by Gasteiger charge is -2.15. The van der Waals surface area contributed by atoms with Crippen molar-refractivity contribution in [1.82, 2.24) is 10.2 Å². The first kappa shape index (κ1) is 19.2. The smallest absolute Gasteiger partial charge is 0.228 e. The van der Waals surface area contributed by atoms with E-state index < -0.39 is 0 Å². The Kier molecular flexibility index (Phi) is 5.78. The second kappa shape index (κ2) is 8.45. The van der Waals surface area contributed by atoms with Crippen LogP contribution in [-0.4, -0.2) is 21.9 Å². The highest BCUT2D eigenvalue weighted by Gasteiger charge is 2.45. The minimum absolute atomic E-state index is 0.0116. The van der Waals surface area contributed by atoms with Gasteiger partial charge in [-0.1, -0.05) is 31.2 Å². The Hall–Kier alpha value is -2.18. The molecular formula is C22H23N3OS2. The summed E-state index contributed by atoms with van der Waals surface area (Å²) in [5, 5.41) is 9.91. The molecule has 1 aliphatic carbocycles. The quantitative estimate of drug-likeness (QED) is 0.483. The zero-order chi connectivity index (χ0) is 19.4. The highest BCUT2D eigenvalue weighted by atomic mass is 32.2. The molecule has 28 heavy (non-hydrogen) atoms. The normalized spacial score (nSPS) is 14.6. The van der Waals surface area contributed by atoms with E-state index in [2.05, 4.69) is 46.7 Å². The van der Waals surface area contributed by atoms with Gasteiger partial charge in [-0.3, -0.25) is 9.89 Å². The number of hydrogen-bond acceptors (Lipinski definition) is 4. The summed E-state index contributed by atoms with van der Waals surface area (Å²) in [7, 11) is 0. The molecule has 0 bridgehead atoms. The standard InChI is InChI=1S/C22H23N3OS2/c1-2-27-19-9-3-16(4-10-19)13-21(26)25-18-7-5-17(6-8-18)22(11-12-22)28-20-14-23-24-15-20/h3-10,14-15H,2,11-13H2,1H3,(H,23,24)(H,25,26). The molecule has 1 aliphatic rings. The van der Waals surface area contributed by atoms with Crippen LogP contribution >= 0.6 is 23.5 Å². The first-order valence-electron chi connectivity index (χ1n) is 9.47. The first-order valence-corrected chi connectivity index (χ1v) is 11.3. The number of carbonyl (C=O) groups is 1. The molecule has 2 aromatic carbocycles. The van der Waals surface area contributed by atoms with Crippen LogP contribution in [0.1, 0.15) is 30.9 Å². The third-order valence-electron chi connectivity index (χ3n) is 4.78. The van der Waals surface area contributed by atoms with E-state index in [1.165, 1.54) is 28.2 Å². The summed E-state index contributed by atoms with van der Waals surface area (Å²) in [5.41, 5.74) is 3.18. The molecule has 4 nitrogen and oxygen atoms in total. The lowest BCUT2D eigenvalue weighted by atomic mass is 10.1. The Morgan fingerprint density at radius 2 is 1.86 bits per heavy atom. The summed E-state index contributed by atoms with van der Waals surface area (Å²) >= 11 is 3.67. The number of nitrogens with one attached hydrogen (secondary N) is 2. The maximum absolute atomic E-state index is 12.4. The van der Waals surface area contributed by atoms with Crippen molar-refractivity contribution in [3.05, 3.63) is 72.1 Å². The van der Waals surface area contributed by atoms with Gasteiger partial charge in [0, 0.05) is 26.4 Å². The van der Waals surface area contributed by atoms with E-state index in [4.69, 9.17) is 0 Å². The van der Waals surface area contributed by atoms with Gasteiger partial charge in [-0.25, -0.2) is 0 Å². The van der Waals surface area contributed by atoms with Crippen molar-refractivity contribution in [2.24, 2.45) is 0 Å².